The molecule has 1 N–H and O–H groups in total. The van der Waals surface area contributed by atoms with E-state index >= 15 is 0 Å². The van der Waals surface area contributed by atoms with Gasteiger partial charge in [0.1, 0.15) is 18.0 Å². The number of nitrogens with zero attached hydrogens (tertiary/aromatic N) is 5. The number of alkyl halides is 3. The summed E-state index contributed by atoms with van der Waals surface area (Å²) in [6.45, 7) is 1.93. The molecule has 1 saturated heterocycles. The van der Waals surface area contributed by atoms with Crippen LogP contribution in [0.4, 0.5) is 13.2 Å². The second-order valence-corrected chi connectivity index (χ2v) is 7.78. The number of aryl methyl sites for hydroxylation is 1. The Morgan fingerprint density at radius 3 is 2.47 bits per heavy atom. The summed E-state index contributed by atoms with van der Waals surface area (Å²) in [7, 11) is 3.32. The number of carbonyl (C=O) groups is 1. The maximum atomic E-state index is 12.9. The number of H-pyrrole nitrogens is 1. The Bertz CT molecular complexity index is 1340. The number of likely N-dealkylation sites (N-methyl/N-ethyl adjacent to an activating group) is 1. The van der Waals surface area contributed by atoms with Crippen molar-refractivity contribution in [2.75, 3.05) is 33.2 Å². The van der Waals surface area contributed by atoms with Crippen molar-refractivity contribution in [2.24, 2.45) is 7.05 Å². The molecule has 0 bridgehead atoms. The van der Waals surface area contributed by atoms with Gasteiger partial charge in [0.15, 0.2) is 11.2 Å². The number of benzene rings is 1. The molecule has 0 aliphatic carbocycles. The second kappa shape index (κ2) is 8.85. The van der Waals surface area contributed by atoms with E-state index in [1.165, 1.54) is 19.2 Å². The summed E-state index contributed by atoms with van der Waals surface area (Å²) >= 11 is 0. The number of hydrogen-bond acceptors (Lipinski definition) is 7. The Balaban J connectivity index is 1.61. The van der Waals surface area contributed by atoms with Crippen molar-refractivity contribution in [3.05, 3.63) is 45.1 Å². The van der Waals surface area contributed by atoms with Crippen LogP contribution in [0.25, 0.3) is 11.2 Å². The van der Waals surface area contributed by atoms with Crippen LogP contribution in [-0.2, 0) is 18.4 Å². The van der Waals surface area contributed by atoms with Crippen molar-refractivity contribution in [1.29, 1.82) is 0 Å². The Hall–Kier alpha value is -3.81. The molecule has 1 amide bonds. The van der Waals surface area contributed by atoms with Gasteiger partial charge in [-0.05, 0) is 19.2 Å². The third-order valence-corrected chi connectivity index (χ3v) is 5.36. The molecule has 1 aliphatic heterocycles. The SMILES string of the molecule is CN1CCN(C(=O)Cn2c(=O)c3[nH]c(Oc4cccc(OC(F)(F)F)c4)nc3n(C)c2=O)CC1. The normalized spacial score (nSPS) is 15.0. The van der Waals surface area contributed by atoms with Gasteiger partial charge in [0.2, 0.25) is 5.91 Å². The zero-order chi connectivity index (χ0) is 24.6. The monoisotopic (exact) mass is 482 g/mol. The molecule has 0 atom stereocenters. The highest BCUT2D eigenvalue weighted by molar-refractivity contribution is 5.77. The second-order valence-electron chi connectivity index (χ2n) is 7.78. The smallest absolute Gasteiger partial charge is 0.425 e. The number of hydrogen-bond donors (Lipinski definition) is 1. The molecular formula is C20H21F3N6O5. The van der Waals surface area contributed by atoms with Gasteiger partial charge in [-0.3, -0.25) is 14.2 Å². The number of aromatic amines is 1. The first-order chi connectivity index (χ1) is 16.0. The first-order valence-corrected chi connectivity index (χ1v) is 10.2. The van der Waals surface area contributed by atoms with Gasteiger partial charge < -0.3 is 24.3 Å². The topological polar surface area (TPSA) is 115 Å². The van der Waals surface area contributed by atoms with Crippen LogP contribution in [0.15, 0.2) is 33.9 Å². The summed E-state index contributed by atoms with van der Waals surface area (Å²) in [4.78, 5) is 48.7. The molecule has 0 spiro atoms. The minimum atomic E-state index is -4.87. The molecule has 34 heavy (non-hydrogen) atoms. The van der Waals surface area contributed by atoms with Crippen molar-refractivity contribution in [2.45, 2.75) is 12.9 Å². The summed E-state index contributed by atoms with van der Waals surface area (Å²) in [5, 5.41) is 0. The molecule has 182 valence electrons. The predicted molar refractivity (Wildman–Crippen MR) is 113 cm³/mol. The lowest BCUT2D eigenvalue weighted by Gasteiger charge is -2.32. The maximum Gasteiger partial charge on any atom is 0.573 e. The van der Waals surface area contributed by atoms with E-state index in [0.717, 1.165) is 21.3 Å². The van der Waals surface area contributed by atoms with Gasteiger partial charge in [0, 0.05) is 39.3 Å². The molecule has 1 aromatic carbocycles. The number of imidazole rings is 1. The fourth-order valence-corrected chi connectivity index (χ4v) is 3.55. The van der Waals surface area contributed by atoms with E-state index in [9.17, 15) is 27.6 Å². The van der Waals surface area contributed by atoms with Gasteiger partial charge in [-0.1, -0.05) is 6.07 Å². The van der Waals surface area contributed by atoms with E-state index in [0.29, 0.717) is 26.2 Å². The standard InChI is InChI=1S/C20H21F3N6O5/c1-26-6-8-28(9-7-26)14(30)11-29-17(31)15-16(27(2)19(29)32)25-18(24-15)33-12-4-3-5-13(10-12)34-20(21,22)23/h3-5,10H,6-9,11H2,1-2H3,(H,24,25). The van der Waals surface area contributed by atoms with Crippen LogP contribution >= 0.6 is 0 Å². The summed E-state index contributed by atoms with van der Waals surface area (Å²) in [6, 6.07) is 4.51. The Kier molecular flexibility index (Phi) is 6.08. The lowest BCUT2D eigenvalue weighted by Crippen LogP contribution is -2.50. The minimum absolute atomic E-state index is 0.0315. The Morgan fingerprint density at radius 1 is 1.12 bits per heavy atom. The average Bonchev–Trinajstić information content (AvgIpc) is 3.18. The molecule has 0 unspecified atom stereocenters. The highest BCUT2D eigenvalue weighted by atomic mass is 19.4. The van der Waals surface area contributed by atoms with E-state index in [1.54, 1.807) is 4.90 Å². The van der Waals surface area contributed by atoms with Gasteiger partial charge in [0.25, 0.3) is 5.56 Å². The van der Waals surface area contributed by atoms with E-state index in [2.05, 4.69) is 19.6 Å². The number of aromatic nitrogens is 4. The quantitative estimate of drug-likeness (QED) is 0.575. The van der Waals surface area contributed by atoms with E-state index < -0.39 is 29.9 Å². The third kappa shape index (κ3) is 4.90. The molecule has 0 saturated carbocycles. The van der Waals surface area contributed by atoms with E-state index in [1.807, 2.05) is 7.05 Å². The van der Waals surface area contributed by atoms with E-state index in [-0.39, 0.29) is 28.8 Å². The fraction of sp³-hybridized carbons (Fsp3) is 0.400. The van der Waals surface area contributed by atoms with E-state index in [4.69, 9.17) is 4.74 Å². The van der Waals surface area contributed by atoms with Crippen LogP contribution in [-0.4, -0.2) is 74.4 Å². The lowest BCUT2D eigenvalue weighted by molar-refractivity contribution is -0.274. The molecule has 3 aromatic rings. The maximum absolute atomic E-state index is 12.9. The van der Waals surface area contributed by atoms with Crippen molar-refractivity contribution in [3.8, 4) is 17.5 Å². The highest BCUT2D eigenvalue weighted by Gasteiger charge is 2.31. The van der Waals surface area contributed by atoms with Gasteiger partial charge in [0.05, 0.1) is 0 Å². The Labute approximate surface area is 189 Å². The number of halogens is 3. The van der Waals surface area contributed by atoms with Crippen LogP contribution in [0.3, 0.4) is 0 Å². The zero-order valence-corrected chi connectivity index (χ0v) is 18.3. The number of amides is 1. The molecule has 1 fully saturated rings. The molecular weight excluding hydrogens is 461 g/mol. The van der Waals surface area contributed by atoms with Crippen LogP contribution in [0.1, 0.15) is 0 Å². The van der Waals surface area contributed by atoms with Crippen LogP contribution in [0.2, 0.25) is 0 Å². The molecule has 14 heteroatoms. The van der Waals surface area contributed by atoms with Gasteiger partial charge in [-0.2, -0.15) is 4.98 Å². The molecule has 4 rings (SSSR count). The highest BCUT2D eigenvalue weighted by Crippen LogP contribution is 2.28. The fourth-order valence-electron chi connectivity index (χ4n) is 3.55. The van der Waals surface area contributed by atoms with Crippen LogP contribution in [0.5, 0.6) is 17.5 Å². The van der Waals surface area contributed by atoms with Crippen molar-refractivity contribution >= 4 is 17.1 Å². The first kappa shape index (κ1) is 23.4. The number of carbonyl (C=O) groups excluding carboxylic acids is 1. The van der Waals surface area contributed by atoms with Gasteiger partial charge in [-0.25, -0.2) is 9.36 Å². The average molecular weight is 482 g/mol. The molecule has 3 heterocycles. The van der Waals surface area contributed by atoms with Gasteiger partial charge in [-0.15, -0.1) is 13.2 Å². The van der Waals surface area contributed by atoms with Crippen molar-refractivity contribution in [3.63, 3.8) is 0 Å². The van der Waals surface area contributed by atoms with Gasteiger partial charge >= 0.3 is 18.1 Å². The molecule has 1 aliphatic rings. The minimum Gasteiger partial charge on any atom is -0.425 e. The number of fused-ring (bicyclic) bond motifs is 1. The summed E-state index contributed by atoms with van der Waals surface area (Å²) < 4.78 is 48.5. The van der Waals surface area contributed by atoms with Crippen LogP contribution in [0, 0.1) is 0 Å². The summed E-state index contributed by atoms with van der Waals surface area (Å²) in [6.07, 6.45) is -4.87. The Morgan fingerprint density at radius 2 is 1.79 bits per heavy atom. The predicted octanol–water partition coefficient (Wildman–Crippen LogP) is 0.888. The van der Waals surface area contributed by atoms with Crippen molar-refractivity contribution < 1.29 is 27.4 Å². The zero-order valence-electron chi connectivity index (χ0n) is 18.3. The lowest BCUT2D eigenvalue weighted by atomic mass is 10.3. The summed E-state index contributed by atoms with van der Waals surface area (Å²) in [5.41, 5.74) is -1.63. The number of nitrogens with one attached hydrogen (secondary N) is 1. The van der Waals surface area contributed by atoms with Crippen LogP contribution < -0.4 is 20.7 Å². The largest absolute Gasteiger partial charge is 0.573 e. The number of rotatable bonds is 5. The molecule has 0 radical (unpaired) electrons. The third-order valence-electron chi connectivity index (χ3n) is 5.36. The molecule has 2 aromatic heterocycles. The first-order valence-electron chi connectivity index (χ1n) is 10.2. The van der Waals surface area contributed by atoms with Crippen molar-refractivity contribution in [1.82, 2.24) is 28.9 Å². The molecule has 11 nitrogen and oxygen atoms in total. The summed E-state index contributed by atoms with van der Waals surface area (Å²) in [5.74, 6) is -0.904. The number of piperazine rings is 1. The number of ether oxygens (including phenoxy) is 2.